The number of nitrogens with one attached hydrogen (secondary N) is 2. The molecule has 2 saturated heterocycles. The van der Waals surface area contributed by atoms with E-state index in [0.717, 1.165) is 55.0 Å². The first-order chi connectivity index (χ1) is 17.9. The summed E-state index contributed by atoms with van der Waals surface area (Å²) in [6, 6.07) is 9.77. The van der Waals surface area contributed by atoms with Crippen molar-refractivity contribution in [2.24, 2.45) is 0 Å². The van der Waals surface area contributed by atoms with E-state index in [9.17, 15) is 14.4 Å². The van der Waals surface area contributed by atoms with Crippen LogP contribution in [0.1, 0.15) is 58.4 Å². The Kier molecular flexibility index (Phi) is 4.95. The van der Waals surface area contributed by atoms with E-state index < -0.39 is 6.04 Å². The third-order valence-electron chi connectivity index (χ3n) is 8.76. The molecule has 2 fully saturated rings. The smallest absolute Gasteiger partial charge is 0.255 e. The number of H-pyrrole nitrogens is 1. The van der Waals surface area contributed by atoms with Crippen molar-refractivity contribution in [1.29, 1.82) is 0 Å². The summed E-state index contributed by atoms with van der Waals surface area (Å²) in [7, 11) is 0. The minimum Gasteiger partial charge on any atom is -0.492 e. The molecule has 3 aromatic rings. The molecule has 4 aliphatic rings. The van der Waals surface area contributed by atoms with Crippen molar-refractivity contribution in [3.63, 3.8) is 0 Å². The molecule has 2 aromatic carbocycles. The molecule has 7 rings (SSSR count). The fourth-order valence-corrected chi connectivity index (χ4v) is 6.67. The molecule has 5 heterocycles. The van der Waals surface area contributed by atoms with Crippen LogP contribution in [0.15, 0.2) is 30.3 Å². The van der Waals surface area contributed by atoms with Crippen LogP contribution in [-0.4, -0.2) is 63.5 Å². The van der Waals surface area contributed by atoms with Gasteiger partial charge in [-0.1, -0.05) is 12.1 Å². The van der Waals surface area contributed by atoms with Gasteiger partial charge >= 0.3 is 0 Å². The van der Waals surface area contributed by atoms with E-state index in [4.69, 9.17) is 4.74 Å². The molecule has 37 heavy (non-hydrogen) atoms. The lowest BCUT2D eigenvalue weighted by atomic mass is 9.73. The molecule has 1 unspecified atom stereocenters. The fourth-order valence-electron chi connectivity index (χ4n) is 6.67. The number of aryl methyl sites for hydroxylation is 1. The number of hydrogen-bond donors (Lipinski definition) is 2. The minimum atomic E-state index is -0.603. The van der Waals surface area contributed by atoms with E-state index in [1.54, 1.807) is 4.90 Å². The Bertz CT molecular complexity index is 1470. The van der Waals surface area contributed by atoms with Crippen LogP contribution < -0.4 is 10.1 Å². The number of piperidine rings is 2. The molecule has 1 aromatic heterocycles. The zero-order valence-electron chi connectivity index (χ0n) is 20.8. The van der Waals surface area contributed by atoms with Crippen molar-refractivity contribution in [2.45, 2.75) is 57.2 Å². The maximum Gasteiger partial charge on any atom is 0.255 e. The highest BCUT2D eigenvalue weighted by atomic mass is 16.5. The number of imide groups is 1. The summed E-state index contributed by atoms with van der Waals surface area (Å²) in [5.74, 6) is -0.0196. The normalized spacial score (nSPS) is 22.9. The largest absolute Gasteiger partial charge is 0.492 e. The molecule has 0 aliphatic carbocycles. The molecule has 1 atom stereocenters. The van der Waals surface area contributed by atoms with Crippen molar-refractivity contribution in [3.8, 4) is 5.75 Å². The summed E-state index contributed by atoms with van der Waals surface area (Å²) >= 11 is 0. The van der Waals surface area contributed by atoms with Gasteiger partial charge in [-0.3, -0.25) is 29.7 Å². The van der Waals surface area contributed by atoms with Crippen LogP contribution in [0.25, 0.3) is 10.9 Å². The molecule has 0 radical (unpaired) electrons. The van der Waals surface area contributed by atoms with Crippen molar-refractivity contribution >= 4 is 28.6 Å². The first-order valence-electron chi connectivity index (χ1n) is 13.0. The Balaban J connectivity index is 1.09. The maximum atomic E-state index is 13.2. The highest BCUT2D eigenvalue weighted by Crippen LogP contribution is 2.48. The van der Waals surface area contributed by atoms with Gasteiger partial charge in [0, 0.05) is 41.4 Å². The number of benzene rings is 2. The van der Waals surface area contributed by atoms with Crippen molar-refractivity contribution in [1.82, 2.24) is 25.3 Å². The average molecular weight is 500 g/mol. The molecule has 0 bridgehead atoms. The number of fused-ring (bicyclic) bond motifs is 4. The van der Waals surface area contributed by atoms with Crippen LogP contribution in [0.2, 0.25) is 0 Å². The number of carbonyl (C=O) groups excluding carboxylic acids is 3. The number of nitrogens with zero attached hydrogens (tertiary/aromatic N) is 3. The van der Waals surface area contributed by atoms with E-state index in [0.29, 0.717) is 25.1 Å². The van der Waals surface area contributed by atoms with Crippen molar-refractivity contribution in [3.05, 3.63) is 58.3 Å². The molecule has 3 amide bonds. The summed E-state index contributed by atoms with van der Waals surface area (Å²) in [4.78, 5) is 41.3. The summed E-state index contributed by atoms with van der Waals surface area (Å²) in [5.41, 5.74) is 6.11. The number of aromatic amines is 1. The first kappa shape index (κ1) is 22.5. The highest BCUT2D eigenvalue weighted by Gasteiger charge is 2.46. The Morgan fingerprint density at radius 3 is 2.81 bits per heavy atom. The van der Waals surface area contributed by atoms with Gasteiger partial charge in [0.15, 0.2) is 0 Å². The summed E-state index contributed by atoms with van der Waals surface area (Å²) in [6.45, 7) is 5.90. The van der Waals surface area contributed by atoms with Crippen molar-refractivity contribution in [2.75, 3.05) is 19.7 Å². The Hall–Kier alpha value is -3.72. The minimum absolute atomic E-state index is 0.0521. The zero-order chi connectivity index (χ0) is 25.3. The summed E-state index contributed by atoms with van der Waals surface area (Å²) in [5, 5.41) is 11.1. The predicted octanol–water partition coefficient (Wildman–Crippen LogP) is 2.56. The second-order valence-electron chi connectivity index (χ2n) is 10.9. The Morgan fingerprint density at radius 2 is 2.00 bits per heavy atom. The predicted molar refractivity (Wildman–Crippen MR) is 135 cm³/mol. The van der Waals surface area contributed by atoms with Crippen LogP contribution in [0.5, 0.6) is 5.75 Å². The molecule has 190 valence electrons. The van der Waals surface area contributed by atoms with Gasteiger partial charge in [0.05, 0.1) is 17.8 Å². The molecule has 2 N–H and O–H groups in total. The van der Waals surface area contributed by atoms with Crippen LogP contribution in [-0.2, 0) is 28.1 Å². The fraction of sp³-hybridized carbons (Fsp3) is 0.429. The number of rotatable bonds is 3. The van der Waals surface area contributed by atoms with Gasteiger partial charge in [-0.25, -0.2) is 0 Å². The number of ether oxygens (including phenoxy) is 1. The SMILES string of the molecule is Cc1n[nH]c2cccc(CN3CCC4(CC3)COc3cc5c(cc34)CN(C3CCC(=O)NC3=O)C5=O)c12. The van der Waals surface area contributed by atoms with Gasteiger partial charge in [-0.05, 0) is 68.6 Å². The lowest BCUT2D eigenvalue weighted by Crippen LogP contribution is -2.52. The van der Waals surface area contributed by atoms with Crippen LogP contribution in [0.3, 0.4) is 0 Å². The van der Waals surface area contributed by atoms with E-state index in [1.807, 2.05) is 13.0 Å². The molecule has 9 heteroatoms. The average Bonchev–Trinajstić information content (AvgIpc) is 3.54. The van der Waals surface area contributed by atoms with Crippen LogP contribution in [0, 0.1) is 6.92 Å². The first-order valence-corrected chi connectivity index (χ1v) is 13.0. The molecular weight excluding hydrogens is 470 g/mol. The number of likely N-dealkylation sites (tertiary alicyclic amines) is 1. The van der Waals surface area contributed by atoms with Gasteiger partial charge in [-0.2, -0.15) is 5.10 Å². The standard InChI is InChI=1S/C28H29N5O4/c1-16-25-17(3-2-4-21(25)31-30-16)13-32-9-7-28(8-10-32)15-37-23-12-19-18(11-20(23)28)14-33(27(19)36)22-5-6-24(34)29-26(22)35/h2-4,11-12,22H,5-10,13-15H2,1H3,(H,30,31)(H,29,34,35). The van der Waals surface area contributed by atoms with Gasteiger partial charge in [0.1, 0.15) is 11.8 Å². The summed E-state index contributed by atoms with van der Waals surface area (Å²) in [6.07, 6.45) is 2.60. The number of hydrogen-bond acceptors (Lipinski definition) is 6. The Morgan fingerprint density at radius 1 is 1.16 bits per heavy atom. The zero-order valence-corrected chi connectivity index (χ0v) is 20.8. The topological polar surface area (TPSA) is 108 Å². The monoisotopic (exact) mass is 499 g/mol. The van der Waals surface area contributed by atoms with Gasteiger partial charge in [-0.15, -0.1) is 0 Å². The van der Waals surface area contributed by atoms with Crippen LogP contribution in [0.4, 0.5) is 0 Å². The van der Waals surface area contributed by atoms with Crippen molar-refractivity contribution < 1.29 is 19.1 Å². The third-order valence-corrected chi connectivity index (χ3v) is 8.76. The molecule has 9 nitrogen and oxygen atoms in total. The molecular formula is C28H29N5O4. The van der Waals surface area contributed by atoms with E-state index in [2.05, 4.69) is 44.7 Å². The second kappa shape index (κ2) is 8.14. The lowest BCUT2D eigenvalue weighted by molar-refractivity contribution is -0.136. The molecule has 0 saturated carbocycles. The maximum absolute atomic E-state index is 13.2. The molecule has 1 spiro atoms. The Labute approximate surface area is 214 Å². The molecule has 4 aliphatic heterocycles. The van der Waals surface area contributed by atoms with Crippen LogP contribution >= 0.6 is 0 Å². The number of aromatic nitrogens is 2. The van der Waals surface area contributed by atoms with Gasteiger partial charge in [0.25, 0.3) is 5.91 Å². The summed E-state index contributed by atoms with van der Waals surface area (Å²) < 4.78 is 6.17. The number of amides is 3. The van der Waals surface area contributed by atoms with Gasteiger partial charge < -0.3 is 9.64 Å². The third kappa shape index (κ3) is 3.48. The lowest BCUT2D eigenvalue weighted by Gasteiger charge is -2.38. The number of carbonyl (C=O) groups is 3. The quantitative estimate of drug-likeness (QED) is 0.537. The van der Waals surface area contributed by atoms with E-state index in [1.165, 1.54) is 16.5 Å². The highest BCUT2D eigenvalue weighted by molar-refractivity contribution is 6.05. The second-order valence-corrected chi connectivity index (χ2v) is 10.9. The van der Waals surface area contributed by atoms with E-state index in [-0.39, 0.29) is 29.6 Å². The van der Waals surface area contributed by atoms with Gasteiger partial charge in [0.2, 0.25) is 11.8 Å². The van der Waals surface area contributed by atoms with E-state index >= 15 is 0 Å².